The second kappa shape index (κ2) is 6.20. The minimum atomic E-state index is -0.112. The van der Waals surface area contributed by atoms with Gasteiger partial charge in [-0.15, -0.1) is 11.3 Å². The monoisotopic (exact) mass is 336 g/mol. The molecule has 0 spiro atoms. The normalized spacial score (nSPS) is 28.1. The Hall–Kier alpha value is -1.48. The lowest BCUT2D eigenvalue weighted by Gasteiger charge is -2.34. The van der Waals surface area contributed by atoms with Crippen LogP contribution in [0.25, 0.3) is 4.96 Å². The van der Waals surface area contributed by atoms with E-state index in [1.54, 1.807) is 6.20 Å². The summed E-state index contributed by atoms with van der Waals surface area (Å²) >= 11 is 1.52. The van der Waals surface area contributed by atoms with E-state index >= 15 is 0 Å². The molecule has 7 nitrogen and oxygen atoms in total. The summed E-state index contributed by atoms with van der Waals surface area (Å²) in [5, 5.41) is 14.1. The van der Waals surface area contributed by atoms with Crippen LogP contribution in [0.15, 0.2) is 17.8 Å². The number of hydrogen-bond acceptors (Lipinski definition) is 6. The molecular formula is C15H20N4O3S. The maximum Gasteiger partial charge on any atom is 0.271 e. The SMILES string of the molecule is O=C(N[C@H]1C[C@H]2CO[C@@H](CCO)CN2C1)c1cn2ccsc2n1. The molecule has 2 fully saturated rings. The molecule has 4 rings (SSSR count). The van der Waals surface area contributed by atoms with Crippen LogP contribution in [0, 0.1) is 0 Å². The number of ether oxygens (including phenoxy) is 1. The van der Waals surface area contributed by atoms with Gasteiger partial charge in [0.25, 0.3) is 5.91 Å². The Kier molecular flexibility index (Phi) is 4.06. The van der Waals surface area contributed by atoms with Gasteiger partial charge < -0.3 is 15.2 Å². The Balaban J connectivity index is 1.36. The van der Waals surface area contributed by atoms with Gasteiger partial charge in [-0.2, -0.15) is 0 Å². The van der Waals surface area contributed by atoms with Crippen molar-refractivity contribution in [2.75, 3.05) is 26.3 Å². The third kappa shape index (κ3) is 2.99. The van der Waals surface area contributed by atoms with E-state index in [4.69, 9.17) is 9.84 Å². The molecule has 0 radical (unpaired) electrons. The summed E-state index contributed by atoms with van der Waals surface area (Å²) in [6.07, 6.45) is 5.35. The van der Waals surface area contributed by atoms with E-state index < -0.39 is 0 Å². The van der Waals surface area contributed by atoms with E-state index in [0.29, 0.717) is 24.8 Å². The van der Waals surface area contributed by atoms with Gasteiger partial charge in [-0.3, -0.25) is 14.1 Å². The van der Waals surface area contributed by atoms with Gasteiger partial charge in [-0.25, -0.2) is 4.98 Å². The molecule has 1 amide bonds. The molecule has 2 aliphatic heterocycles. The Morgan fingerprint density at radius 3 is 3.26 bits per heavy atom. The van der Waals surface area contributed by atoms with Crippen molar-refractivity contribution in [3.8, 4) is 0 Å². The van der Waals surface area contributed by atoms with Crippen molar-refractivity contribution in [2.24, 2.45) is 0 Å². The number of carbonyl (C=O) groups is 1. The fourth-order valence-corrected chi connectivity index (χ4v) is 4.16. The van der Waals surface area contributed by atoms with Crippen LogP contribution in [0.2, 0.25) is 0 Å². The summed E-state index contributed by atoms with van der Waals surface area (Å²) in [6.45, 7) is 2.50. The molecule has 0 bridgehead atoms. The van der Waals surface area contributed by atoms with Gasteiger partial charge >= 0.3 is 0 Å². The van der Waals surface area contributed by atoms with E-state index in [1.807, 2.05) is 16.0 Å². The Labute approximate surface area is 137 Å². The second-order valence-electron chi connectivity index (χ2n) is 6.20. The zero-order valence-corrected chi connectivity index (χ0v) is 13.5. The number of nitrogens with zero attached hydrogens (tertiary/aromatic N) is 3. The lowest BCUT2D eigenvalue weighted by Crippen LogP contribution is -2.46. The summed E-state index contributed by atoms with van der Waals surface area (Å²) in [5.74, 6) is -0.112. The molecule has 124 valence electrons. The van der Waals surface area contributed by atoms with Crippen molar-refractivity contribution in [2.45, 2.75) is 31.0 Å². The Morgan fingerprint density at radius 1 is 1.52 bits per heavy atom. The molecule has 2 aromatic heterocycles. The minimum absolute atomic E-state index is 0.102. The van der Waals surface area contributed by atoms with Crippen LogP contribution in [0.5, 0.6) is 0 Å². The fraction of sp³-hybridized carbons (Fsp3) is 0.600. The fourth-order valence-electron chi connectivity index (χ4n) is 3.46. The van der Waals surface area contributed by atoms with E-state index in [9.17, 15) is 4.79 Å². The minimum Gasteiger partial charge on any atom is -0.396 e. The zero-order chi connectivity index (χ0) is 15.8. The highest BCUT2D eigenvalue weighted by Gasteiger charge is 2.37. The van der Waals surface area contributed by atoms with Crippen LogP contribution >= 0.6 is 11.3 Å². The van der Waals surface area contributed by atoms with Crippen LogP contribution in [-0.2, 0) is 4.74 Å². The van der Waals surface area contributed by atoms with Gasteiger partial charge in [0.15, 0.2) is 4.96 Å². The number of aliphatic hydroxyl groups is 1. The third-order valence-electron chi connectivity index (χ3n) is 4.60. The number of fused-ring (bicyclic) bond motifs is 2. The average molecular weight is 336 g/mol. The van der Waals surface area contributed by atoms with E-state index in [1.165, 1.54) is 11.3 Å². The molecule has 0 aliphatic carbocycles. The Bertz CT molecular complexity index is 671. The van der Waals surface area contributed by atoms with Crippen molar-refractivity contribution in [1.29, 1.82) is 0 Å². The first kappa shape index (κ1) is 15.1. The van der Waals surface area contributed by atoms with Crippen LogP contribution in [0.1, 0.15) is 23.3 Å². The van der Waals surface area contributed by atoms with Gasteiger partial charge in [0.2, 0.25) is 0 Å². The van der Waals surface area contributed by atoms with Crippen molar-refractivity contribution < 1.29 is 14.6 Å². The second-order valence-corrected chi connectivity index (χ2v) is 7.07. The molecule has 0 unspecified atom stereocenters. The predicted octanol–water partition coefficient (Wildman–Crippen LogP) is 0.350. The molecule has 8 heteroatoms. The van der Waals surface area contributed by atoms with Gasteiger partial charge in [0.1, 0.15) is 5.69 Å². The summed E-state index contributed by atoms with van der Waals surface area (Å²) < 4.78 is 7.64. The highest BCUT2D eigenvalue weighted by molar-refractivity contribution is 7.15. The van der Waals surface area contributed by atoms with Crippen LogP contribution < -0.4 is 5.32 Å². The predicted molar refractivity (Wildman–Crippen MR) is 85.7 cm³/mol. The smallest absolute Gasteiger partial charge is 0.271 e. The van der Waals surface area contributed by atoms with Crippen LogP contribution in [-0.4, -0.2) is 69.8 Å². The average Bonchev–Trinajstić information content (AvgIpc) is 3.19. The first-order valence-corrected chi connectivity index (χ1v) is 8.80. The topological polar surface area (TPSA) is 79.1 Å². The highest BCUT2D eigenvalue weighted by atomic mass is 32.1. The Morgan fingerprint density at radius 2 is 2.43 bits per heavy atom. The number of amides is 1. The van der Waals surface area contributed by atoms with Crippen LogP contribution in [0.4, 0.5) is 0 Å². The number of rotatable bonds is 4. The standard InChI is InChI=1S/C15H20N4O3S/c20-3-1-12-7-19-6-10(5-11(19)9-22-12)16-14(21)13-8-18-2-4-23-15(18)17-13/h2,4,8,10-12,20H,1,3,5-7,9H2,(H,16,21)/t10-,11-,12-/m0/s1. The summed E-state index contributed by atoms with van der Waals surface area (Å²) in [4.78, 5) is 19.9. The van der Waals surface area contributed by atoms with Crippen molar-refractivity contribution in [3.05, 3.63) is 23.5 Å². The largest absolute Gasteiger partial charge is 0.396 e. The van der Waals surface area contributed by atoms with Crippen molar-refractivity contribution in [1.82, 2.24) is 19.6 Å². The third-order valence-corrected chi connectivity index (χ3v) is 5.37. The molecule has 0 aromatic carbocycles. The van der Waals surface area contributed by atoms with Gasteiger partial charge in [0, 0.05) is 49.6 Å². The number of nitrogens with one attached hydrogen (secondary N) is 1. The summed E-state index contributed by atoms with van der Waals surface area (Å²) in [5.41, 5.74) is 0.469. The van der Waals surface area contributed by atoms with Crippen LogP contribution in [0.3, 0.4) is 0 Å². The molecular weight excluding hydrogens is 316 g/mol. The van der Waals surface area contributed by atoms with Crippen molar-refractivity contribution in [3.63, 3.8) is 0 Å². The first-order chi connectivity index (χ1) is 11.2. The molecule has 23 heavy (non-hydrogen) atoms. The molecule has 4 heterocycles. The number of thiazole rings is 1. The molecule has 3 atom stereocenters. The lowest BCUT2D eigenvalue weighted by molar-refractivity contribution is -0.0566. The van der Waals surface area contributed by atoms with E-state index in [0.717, 1.165) is 24.5 Å². The number of aliphatic hydroxyl groups excluding tert-OH is 1. The number of hydrogen-bond donors (Lipinski definition) is 2. The first-order valence-electron chi connectivity index (χ1n) is 7.92. The van der Waals surface area contributed by atoms with Crippen molar-refractivity contribution >= 4 is 22.2 Å². The quantitative estimate of drug-likeness (QED) is 0.842. The van der Waals surface area contributed by atoms with E-state index in [-0.39, 0.29) is 24.7 Å². The number of imidazole rings is 1. The molecule has 0 saturated carbocycles. The van der Waals surface area contributed by atoms with Gasteiger partial charge in [-0.1, -0.05) is 0 Å². The molecule has 2 N–H and O–H groups in total. The summed E-state index contributed by atoms with van der Waals surface area (Å²) in [6, 6.07) is 0.490. The zero-order valence-electron chi connectivity index (χ0n) is 12.7. The number of carbonyl (C=O) groups excluding carboxylic acids is 1. The molecule has 2 aromatic rings. The highest BCUT2D eigenvalue weighted by Crippen LogP contribution is 2.24. The number of morpholine rings is 1. The maximum atomic E-state index is 12.4. The van der Waals surface area contributed by atoms with E-state index in [2.05, 4.69) is 15.2 Å². The lowest BCUT2D eigenvalue weighted by atomic mass is 10.1. The summed E-state index contributed by atoms with van der Waals surface area (Å²) in [7, 11) is 0. The van der Waals surface area contributed by atoms with Gasteiger partial charge in [-0.05, 0) is 12.8 Å². The number of aromatic nitrogens is 2. The maximum absolute atomic E-state index is 12.4. The molecule has 2 aliphatic rings. The molecule has 2 saturated heterocycles. The van der Waals surface area contributed by atoms with Gasteiger partial charge in [0.05, 0.1) is 12.7 Å².